The van der Waals surface area contributed by atoms with Gasteiger partial charge < -0.3 is 19.9 Å². The van der Waals surface area contributed by atoms with Gasteiger partial charge in [-0.2, -0.15) is 5.10 Å². The number of pyridine rings is 1. The Morgan fingerprint density at radius 3 is 2.60 bits per heavy atom. The van der Waals surface area contributed by atoms with E-state index in [0.717, 1.165) is 0 Å². The fourth-order valence-electron chi connectivity index (χ4n) is 4.38. The van der Waals surface area contributed by atoms with Gasteiger partial charge in [0.05, 0.1) is 22.7 Å². The van der Waals surface area contributed by atoms with E-state index in [1.807, 2.05) is 13.0 Å². The molecule has 1 unspecified atom stereocenters. The van der Waals surface area contributed by atoms with Crippen LogP contribution in [0.3, 0.4) is 0 Å². The van der Waals surface area contributed by atoms with E-state index >= 15 is 0 Å². The molecule has 1 aliphatic rings. The highest BCUT2D eigenvalue weighted by atomic mass is 16.3. The Bertz CT molecular complexity index is 1440. The van der Waals surface area contributed by atoms with Gasteiger partial charge in [0.1, 0.15) is 17.3 Å². The van der Waals surface area contributed by atoms with Crippen molar-refractivity contribution in [2.45, 2.75) is 19.9 Å². The Hall–Kier alpha value is -4.54. The van der Waals surface area contributed by atoms with Crippen LogP contribution < -0.4 is 0 Å². The number of hydrogen-bond acceptors (Lipinski definition) is 7. The second kappa shape index (κ2) is 8.67. The number of nitrogens with zero attached hydrogens (tertiary/aromatic N) is 5. The molecule has 11 nitrogen and oxygen atoms in total. The second-order valence-electron chi connectivity index (χ2n) is 8.48. The van der Waals surface area contributed by atoms with Gasteiger partial charge in [-0.1, -0.05) is 18.2 Å². The Balaban J connectivity index is 1.37. The van der Waals surface area contributed by atoms with Crippen LogP contribution in [0.15, 0.2) is 42.7 Å². The highest BCUT2D eigenvalue weighted by Crippen LogP contribution is 2.33. The van der Waals surface area contributed by atoms with Crippen LogP contribution in [0.4, 0.5) is 0 Å². The van der Waals surface area contributed by atoms with Crippen LogP contribution in [-0.2, 0) is 4.79 Å². The topological polar surface area (TPSA) is 148 Å². The SMILES string of the molecule is Cc1nc(-c2ncc(O)c3c(C(=O)C(=O)N4CCN(C(=O)c5ccccc5)C(C)C4)c[nH]c23)n[nH]1. The normalized spacial score (nSPS) is 16.0. The number of benzene rings is 1. The molecule has 4 heterocycles. The molecule has 1 saturated heterocycles. The third-order valence-corrected chi connectivity index (χ3v) is 6.13. The monoisotopic (exact) mass is 473 g/mol. The van der Waals surface area contributed by atoms with Gasteiger partial charge in [-0.25, -0.2) is 9.97 Å². The van der Waals surface area contributed by atoms with Gasteiger partial charge in [0, 0.05) is 37.4 Å². The molecule has 5 rings (SSSR count). The van der Waals surface area contributed by atoms with Crippen LogP contribution in [0.5, 0.6) is 5.75 Å². The van der Waals surface area contributed by atoms with E-state index in [1.54, 1.807) is 36.1 Å². The van der Waals surface area contributed by atoms with Crippen LogP contribution in [0, 0.1) is 6.92 Å². The van der Waals surface area contributed by atoms with Gasteiger partial charge in [-0.05, 0) is 26.0 Å². The van der Waals surface area contributed by atoms with Gasteiger partial charge in [-0.3, -0.25) is 19.5 Å². The van der Waals surface area contributed by atoms with Crippen molar-refractivity contribution in [1.82, 2.24) is 34.9 Å². The number of aryl methyl sites for hydroxylation is 1. The van der Waals surface area contributed by atoms with Crippen LogP contribution in [0.25, 0.3) is 22.4 Å². The van der Waals surface area contributed by atoms with Crippen molar-refractivity contribution in [2.75, 3.05) is 19.6 Å². The zero-order valence-electron chi connectivity index (χ0n) is 19.1. The number of amides is 2. The number of nitrogens with one attached hydrogen (secondary N) is 2. The number of hydrogen-bond donors (Lipinski definition) is 3. The summed E-state index contributed by atoms with van der Waals surface area (Å²) < 4.78 is 0. The number of aromatic nitrogens is 5. The van der Waals surface area contributed by atoms with Crippen molar-refractivity contribution in [3.63, 3.8) is 0 Å². The van der Waals surface area contributed by atoms with Gasteiger partial charge in [0.2, 0.25) is 5.82 Å². The first-order valence-corrected chi connectivity index (χ1v) is 11.1. The molecule has 11 heteroatoms. The molecule has 3 aromatic heterocycles. The summed E-state index contributed by atoms with van der Waals surface area (Å²) in [5.41, 5.74) is 1.31. The van der Waals surface area contributed by atoms with E-state index < -0.39 is 11.7 Å². The predicted molar refractivity (Wildman–Crippen MR) is 126 cm³/mol. The van der Waals surface area contributed by atoms with Gasteiger partial charge >= 0.3 is 0 Å². The van der Waals surface area contributed by atoms with Crippen molar-refractivity contribution in [3.8, 4) is 17.3 Å². The van der Waals surface area contributed by atoms with E-state index in [0.29, 0.717) is 35.0 Å². The summed E-state index contributed by atoms with van der Waals surface area (Å²) in [5, 5.41) is 17.5. The zero-order valence-corrected chi connectivity index (χ0v) is 19.1. The van der Waals surface area contributed by atoms with E-state index in [9.17, 15) is 19.5 Å². The molecule has 0 spiro atoms. The molecule has 0 bridgehead atoms. The minimum absolute atomic E-state index is 0.0360. The van der Waals surface area contributed by atoms with E-state index in [1.165, 1.54) is 17.3 Å². The first-order chi connectivity index (χ1) is 16.8. The van der Waals surface area contributed by atoms with E-state index in [-0.39, 0.29) is 41.7 Å². The number of H-pyrrole nitrogens is 2. The summed E-state index contributed by atoms with van der Waals surface area (Å²) in [4.78, 5) is 53.7. The molecule has 1 fully saturated rings. The lowest BCUT2D eigenvalue weighted by molar-refractivity contribution is -0.128. The molecular weight excluding hydrogens is 450 g/mol. The molecule has 1 aliphatic heterocycles. The Labute approximate surface area is 199 Å². The standard InChI is InChI=1S/C24H23N7O4/c1-13-12-30(8-9-31(13)23(34)15-6-4-3-5-7-15)24(35)21(33)16-10-25-19-18(16)17(32)11-26-20(19)22-27-14(2)28-29-22/h3-7,10-11,13,25,32H,8-9,12H2,1-2H3,(H,27,28,29). The van der Waals surface area contributed by atoms with Crippen LogP contribution in [0.1, 0.15) is 33.5 Å². The number of fused-ring (bicyclic) bond motifs is 1. The molecule has 0 radical (unpaired) electrons. The third-order valence-electron chi connectivity index (χ3n) is 6.13. The quantitative estimate of drug-likeness (QED) is 0.303. The van der Waals surface area contributed by atoms with Gasteiger partial charge in [-0.15, -0.1) is 0 Å². The molecule has 1 aromatic carbocycles. The third kappa shape index (κ3) is 3.90. The lowest BCUT2D eigenvalue weighted by atomic mass is 10.1. The molecule has 178 valence electrons. The fraction of sp³-hybridized carbons (Fsp3) is 0.250. The summed E-state index contributed by atoms with van der Waals surface area (Å²) in [7, 11) is 0. The van der Waals surface area contributed by atoms with E-state index in [2.05, 4.69) is 25.1 Å². The molecule has 1 atom stereocenters. The summed E-state index contributed by atoms with van der Waals surface area (Å²) in [6.45, 7) is 4.35. The van der Waals surface area contributed by atoms with Gasteiger partial charge in [0.15, 0.2) is 0 Å². The maximum absolute atomic E-state index is 13.2. The number of aromatic amines is 2. The highest BCUT2D eigenvalue weighted by Gasteiger charge is 2.34. The molecule has 0 saturated carbocycles. The summed E-state index contributed by atoms with van der Waals surface area (Å²) in [6.07, 6.45) is 2.59. The van der Waals surface area contributed by atoms with Crippen LogP contribution in [0.2, 0.25) is 0 Å². The molecule has 2 amide bonds. The number of piperazine rings is 1. The first-order valence-electron chi connectivity index (χ1n) is 11.1. The predicted octanol–water partition coefficient (Wildman–Crippen LogP) is 1.92. The van der Waals surface area contributed by atoms with Gasteiger partial charge in [0.25, 0.3) is 17.6 Å². The van der Waals surface area contributed by atoms with E-state index in [4.69, 9.17) is 0 Å². The maximum Gasteiger partial charge on any atom is 0.295 e. The number of aromatic hydroxyl groups is 1. The minimum atomic E-state index is -0.759. The fourth-order valence-corrected chi connectivity index (χ4v) is 4.38. The van der Waals surface area contributed by atoms with Crippen molar-refractivity contribution in [2.24, 2.45) is 0 Å². The number of rotatable bonds is 4. The number of carbonyl (C=O) groups is 3. The molecule has 4 aromatic rings. The van der Waals surface area contributed by atoms with Crippen molar-refractivity contribution < 1.29 is 19.5 Å². The van der Waals surface area contributed by atoms with Crippen LogP contribution >= 0.6 is 0 Å². The largest absolute Gasteiger partial charge is 0.506 e. The number of Topliss-reactive ketones (excluding diaryl/α,β-unsaturated/α-hetero) is 1. The van der Waals surface area contributed by atoms with Crippen molar-refractivity contribution in [1.29, 1.82) is 0 Å². The average Bonchev–Trinajstić information content (AvgIpc) is 3.51. The lowest BCUT2D eigenvalue weighted by Gasteiger charge is -2.39. The Morgan fingerprint density at radius 1 is 1.14 bits per heavy atom. The second-order valence-corrected chi connectivity index (χ2v) is 8.48. The summed E-state index contributed by atoms with van der Waals surface area (Å²) >= 11 is 0. The molecular formula is C24H23N7O4. The lowest BCUT2D eigenvalue weighted by Crippen LogP contribution is -2.56. The molecule has 3 N–H and O–H groups in total. The summed E-state index contributed by atoms with van der Waals surface area (Å²) in [5.74, 6) is -0.922. The molecule has 35 heavy (non-hydrogen) atoms. The average molecular weight is 473 g/mol. The van der Waals surface area contributed by atoms with Crippen molar-refractivity contribution >= 4 is 28.5 Å². The van der Waals surface area contributed by atoms with Crippen molar-refractivity contribution in [3.05, 3.63) is 59.7 Å². The molecule has 0 aliphatic carbocycles. The Kier molecular flexibility index (Phi) is 5.51. The Morgan fingerprint density at radius 2 is 1.91 bits per heavy atom. The first kappa shape index (κ1) is 22.3. The smallest absolute Gasteiger partial charge is 0.295 e. The number of carbonyl (C=O) groups excluding carboxylic acids is 3. The maximum atomic E-state index is 13.2. The minimum Gasteiger partial charge on any atom is -0.506 e. The highest BCUT2D eigenvalue weighted by molar-refractivity contribution is 6.45. The zero-order chi connectivity index (χ0) is 24.7. The summed E-state index contributed by atoms with van der Waals surface area (Å²) in [6, 6.07) is 8.69. The van der Waals surface area contributed by atoms with Crippen LogP contribution in [-0.4, -0.2) is 83.3 Å². The number of ketones is 1.